The topological polar surface area (TPSA) is 279 Å². The van der Waals surface area contributed by atoms with Gasteiger partial charge in [-0.05, 0) is 52.8 Å². The largest absolute Gasteiger partial charge is 0.490 e. The fourth-order valence-corrected chi connectivity index (χ4v) is 7.79. The van der Waals surface area contributed by atoms with Gasteiger partial charge in [0.25, 0.3) is 11.8 Å². The number of carbonyl (C=O) groups is 3. The summed E-state index contributed by atoms with van der Waals surface area (Å²) in [5.41, 5.74) is 21.7. The average molecular weight is 894 g/mol. The monoisotopic (exact) mass is 893 g/mol. The van der Waals surface area contributed by atoms with E-state index < -0.39 is 36.2 Å². The third-order valence-electron chi connectivity index (χ3n) is 11.0. The number of hydrogen-bond donors (Lipinski definition) is 6. The molecule has 1 aliphatic heterocycles. The summed E-state index contributed by atoms with van der Waals surface area (Å²) in [5.74, 6) is -1.27. The Kier molecular flexibility index (Phi) is 12.9. The minimum Gasteiger partial charge on any atom is -0.490 e. The minimum atomic E-state index is -4.49. The number of aliphatic hydroxyl groups excluding tert-OH is 1. The van der Waals surface area contributed by atoms with Crippen LogP contribution in [0.5, 0.6) is 5.75 Å². The molecule has 9 N–H and O–H groups in total. The number of anilines is 3. The molecule has 1 saturated heterocycles. The molecular weight excluding hydrogens is 844 g/mol. The van der Waals surface area contributed by atoms with Crippen LogP contribution in [0.2, 0.25) is 0 Å². The van der Waals surface area contributed by atoms with Gasteiger partial charge in [0, 0.05) is 69.6 Å². The average Bonchev–Trinajstić information content (AvgIpc) is 3.98. The number of hydrogen-bond acceptors (Lipinski definition) is 14. The number of benzene rings is 1. The zero-order valence-electron chi connectivity index (χ0n) is 35.9. The van der Waals surface area contributed by atoms with Crippen LogP contribution in [0.4, 0.5) is 30.8 Å². The Bertz CT molecular complexity index is 2740. The molecule has 2 atom stereocenters. The lowest BCUT2D eigenvalue weighted by molar-refractivity contribution is -0.237. The molecule has 0 bridgehead atoms. The number of aryl methyl sites for hydroxylation is 5. The normalized spacial score (nSPS) is 15.2. The smallest absolute Gasteiger partial charge is 0.415 e. The molecule has 21 nitrogen and oxygen atoms in total. The first kappa shape index (κ1) is 45.4. The van der Waals surface area contributed by atoms with Crippen molar-refractivity contribution in [2.45, 2.75) is 85.7 Å². The highest BCUT2D eigenvalue weighted by atomic mass is 19.4. The van der Waals surface area contributed by atoms with Gasteiger partial charge in [0.2, 0.25) is 17.8 Å². The zero-order chi connectivity index (χ0) is 46.2. The van der Waals surface area contributed by atoms with Crippen LogP contribution in [0.3, 0.4) is 0 Å². The highest BCUT2D eigenvalue weighted by Gasteiger charge is 2.43. The Labute approximate surface area is 363 Å². The van der Waals surface area contributed by atoms with Gasteiger partial charge in [-0.3, -0.25) is 43.8 Å². The second-order valence-corrected chi connectivity index (χ2v) is 15.0. The van der Waals surface area contributed by atoms with Crippen LogP contribution in [0.25, 0.3) is 22.2 Å². The van der Waals surface area contributed by atoms with Crippen molar-refractivity contribution >= 4 is 57.5 Å². The molecule has 0 radical (unpaired) electrons. The van der Waals surface area contributed by atoms with Gasteiger partial charge >= 0.3 is 6.18 Å². The van der Waals surface area contributed by atoms with Crippen LogP contribution in [-0.4, -0.2) is 117 Å². The maximum atomic E-state index is 14.4. The fraction of sp³-hybridized carbons (Fsp3) is 0.450. The van der Waals surface area contributed by atoms with Crippen LogP contribution >= 0.6 is 0 Å². The van der Waals surface area contributed by atoms with E-state index >= 15 is 0 Å². The number of nitrogen functional groups attached to an aromatic ring is 1. The molecule has 24 heteroatoms. The molecule has 0 aliphatic carbocycles. The van der Waals surface area contributed by atoms with Crippen molar-refractivity contribution in [3.63, 3.8) is 0 Å². The van der Waals surface area contributed by atoms with Crippen molar-refractivity contribution in [3.05, 3.63) is 63.9 Å². The molecule has 7 rings (SSSR count). The predicted molar refractivity (Wildman–Crippen MR) is 228 cm³/mol. The van der Waals surface area contributed by atoms with Gasteiger partial charge < -0.3 is 36.3 Å². The number of imidazole rings is 2. The van der Waals surface area contributed by atoms with Gasteiger partial charge in [0.15, 0.2) is 11.8 Å². The van der Waals surface area contributed by atoms with E-state index in [1.807, 2.05) is 20.8 Å². The zero-order valence-corrected chi connectivity index (χ0v) is 35.9. The molecule has 0 spiro atoms. The van der Waals surface area contributed by atoms with Crippen molar-refractivity contribution in [1.82, 2.24) is 48.5 Å². The summed E-state index contributed by atoms with van der Waals surface area (Å²) in [6.07, 6.45) is -6.44. The Hall–Kier alpha value is -6.63. The highest BCUT2D eigenvalue weighted by Crippen LogP contribution is 2.34. The number of carbonyl (C=O) groups excluding carboxylic acids is 3. The van der Waals surface area contributed by atoms with Crippen LogP contribution in [0.1, 0.15) is 87.8 Å². The highest BCUT2D eigenvalue weighted by molar-refractivity contribution is 6.07. The standard InChI is InChI=1S/C40H50F3N15O6/c1-6-55-31-25(14-21(33(45)59)16-27(31)63-12-10-54-11-13-64-28(19-54)40(41,42)43)48-38(55)50-36(61)30-23(20(5)52-57(30)8-3)17-24-29(44)32(58(9-4)53-24)37(62)51-39-49-26-15-22(34(46)60)18-47-35(26)56(39)7-2/h14-16,18,28,33,59H,6-13,17,19,44-45H2,1-5H3,(H2,46,60)(H,48,50,61)(H,49,51,62). The van der Waals surface area contributed by atoms with Crippen LogP contribution < -0.4 is 32.6 Å². The summed E-state index contributed by atoms with van der Waals surface area (Å²) in [7, 11) is 0. The van der Waals surface area contributed by atoms with E-state index in [1.54, 1.807) is 38.6 Å². The van der Waals surface area contributed by atoms with Crippen LogP contribution in [0.15, 0.2) is 24.4 Å². The molecule has 0 saturated carbocycles. The maximum absolute atomic E-state index is 14.4. The third kappa shape index (κ3) is 8.80. The summed E-state index contributed by atoms with van der Waals surface area (Å²) >= 11 is 0. The number of nitrogens with two attached hydrogens (primary N) is 3. The van der Waals surface area contributed by atoms with Gasteiger partial charge in [-0.15, -0.1) is 0 Å². The second-order valence-electron chi connectivity index (χ2n) is 15.0. The van der Waals surface area contributed by atoms with Crippen LogP contribution in [-0.2, 0) is 37.3 Å². The fourth-order valence-electron chi connectivity index (χ4n) is 7.79. The van der Waals surface area contributed by atoms with Gasteiger partial charge in [0.05, 0.1) is 34.8 Å². The number of morpholine rings is 1. The van der Waals surface area contributed by atoms with Crippen LogP contribution in [0, 0.1) is 6.92 Å². The summed E-state index contributed by atoms with van der Waals surface area (Å²) < 4.78 is 57.5. The number of halogens is 3. The lowest BCUT2D eigenvalue weighted by atomic mass is 10.1. The molecule has 6 aromatic rings. The van der Waals surface area contributed by atoms with Gasteiger partial charge in [-0.1, -0.05) is 0 Å². The molecule has 5 aromatic heterocycles. The number of amides is 3. The van der Waals surface area contributed by atoms with E-state index in [2.05, 4.69) is 35.8 Å². The number of primary amides is 1. The predicted octanol–water partition coefficient (Wildman–Crippen LogP) is 2.93. The van der Waals surface area contributed by atoms with Crippen molar-refractivity contribution in [1.29, 1.82) is 0 Å². The molecule has 1 fully saturated rings. The molecule has 6 heterocycles. The molecule has 3 amide bonds. The number of alkyl halides is 3. The minimum absolute atomic E-state index is 0.00411. The Morgan fingerprint density at radius 1 is 0.953 bits per heavy atom. The first-order valence-corrected chi connectivity index (χ1v) is 20.7. The molecule has 342 valence electrons. The Balaban J connectivity index is 1.15. The maximum Gasteiger partial charge on any atom is 0.415 e. The number of ether oxygens (including phenoxy) is 2. The van der Waals surface area contributed by atoms with Gasteiger partial charge in [0.1, 0.15) is 41.0 Å². The molecule has 2 unspecified atom stereocenters. The Morgan fingerprint density at radius 2 is 1.61 bits per heavy atom. The SMILES string of the molecule is CCn1nc(Cc2c(C)nn(CC)c2C(=O)Nc2nc3cc(C(N)O)cc(OCCN4CCOC(C(F)(F)F)C4)c3n2CC)c(N)c1C(=O)Nc1nc2cc(C(N)=O)cnc2n1CC. The molecule has 64 heavy (non-hydrogen) atoms. The number of aromatic nitrogens is 9. The van der Waals surface area contributed by atoms with E-state index in [4.69, 9.17) is 26.7 Å². The lowest BCUT2D eigenvalue weighted by Crippen LogP contribution is -2.50. The van der Waals surface area contributed by atoms with E-state index in [1.165, 1.54) is 23.0 Å². The summed E-state index contributed by atoms with van der Waals surface area (Å²) in [4.78, 5) is 55.2. The summed E-state index contributed by atoms with van der Waals surface area (Å²) in [6.45, 7) is 10.4. The van der Waals surface area contributed by atoms with Crippen molar-refractivity contribution < 1.29 is 42.1 Å². The molecular formula is C40H50F3N15O6. The quantitative estimate of drug-likeness (QED) is 0.0763. The first-order chi connectivity index (χ1) is 30.5. The van der Waals surface area contributed by atoms with Crippen molar-refractivity contribution in [3.8, 4) is 5.75 Å². The van der Waals surface area contributed by atoms with E-state index in [0.717, 1.165) is 0 Å². The number of rotatable bonds is 16. The van der Waals surface area contributed by atoms with Gasteiger partial charge in [-0.2, -0.15) is 23.4 Å². The van der Waals surface area contributed by atoms with Crippen molar-refractivity contribution in [2.75, 3.05) is 49.2 Å². The first-order valence-electron chi connectivity index (χ1n) is 20.7. The second kappa shape index (κ2) is 18.2. The number of fused-ring (bicyclic) bond motifs is 2. The number of aliphatic hydroxyl groups is 1. The lowest BCUT2D eigenvalue weighted by Gasteiger charge is -2.33. The molecule has 1 aliphatic rings. The van der Waals surface area contributed by atoms with E-state index in [-0.39, 0.29) is 85.1 Å². The number of nitrogens with one attached hydrogen (secondary N) is 2. The molecule has 1 aromatic carbocycles. The third-order valence-corrected chi connectivity index (χ3v) is 11.0. The summed E-state index contributed by atoms with van der Waals surface area (Å²) in [6, 6.07) is 4.59. The summed E-state index contributed by atoms with van der Waals surface area (Å²) in [5, 5.41) is 25.4. The number of nitrogens with zero attached hydrogens (tertiary/aromatic N) is 10. The van der Waals surface area contributed by atoms with E-state index in [9.17, 15) is 32.7 Å². The Morgan fingerprint density at radius 3 is 2.25 bits per heavy atom. The van der Waals surface area contributed by atoms with E-state index in [0.29, 0.717) is 65.3 Å². The van der Waals surface area contributed by atoms with Gasteiger partial charge in [-0.25, -0.2) is 15.0 Å². The number of pyridine rings is 1. The van der Waals surface area contributed by atoms with Crippen molar-refractivity contribution in [2.24, 2.45) is 11.5 Å².